The Bertz CT molecular complexity index is 954. The lowest BCUT2D eigenvalue weighted by molar-refractivity contribution is 0.153. The number of fused-ring (bicyclic) bond motifs is 1. The number of aromatic nitrogens is 3. The van der Waals surface area contributed by atoms with E-state index in [0.717, 1.165) is 25.7 Å². The van der Waals surface area contributed by atoms with E-state index in [2.05, 4.69) is 10.1 Å². The molecule has 3 nitrogen and oxygen atoms in total. The van der Waals surface area contributed by atoms with Crippen molar-refractivity contribution in [2.75, 3.05) is 0 Å². The summed E-state index contributed by atoms with van der Waals surface area (Å²) >= 11 is 0. The van der Waals surface area contributed by atoms with Crippen molar-refractivity contribution in [2.24, 2.45) is 0 Å². The normalized spacial score (nSPS) is 17.6. The highest BCUT2D eigenvalue weighted by atomic mass is 19.3. The Balaban J connectivity index is 1.80. The molecule has 2 aromatic heterocycles. The van der Waals surface area contributed by atoms with Gasteiger partial charge in [0, 0.05) is 23.1 Å². The first-order valence-electron chi connectivity index (χ1n) is 8.59. The van der Waals surface area contributed by atoms with E-state index in [0.29, 0.717) is 28.1 Å². The number of hydrogen-bond acceptors (Lipinski definition) is 2. The number of halogens is 3. The summed E-state index contributed by atoms with van der Waals surface area (Å²) in [6.45, 7) is 0. The van der Waals surface area contributed by atoms with Crippen LogP contribution in [0.2, 0.25) is 0 Å². The van der Waals surface area contributed by atoms with Gasteiger partial charge in [-0.15, -0.1) is 0 Å². The molecule has 0 radical (unpaired) electrons. The smallest absolute Gasteiger partial charge is 0.233 e. The van der Waals surface area contributed by atoms with Crippen LogP contribution in [0.25, 0.3) is 16.7 Å². The van der Waals surface area contributed by atoms with Gasteiger partial charge in [-0.2, -0.15) is 5.10 Å². The molecular formula is C19H16F3N3. The zero-order valence-corrected chi connectivity index (χ0v) is 13.4. The highest BCUT2D eigenvalue weighted by molar-refractivity contribution is 5.85. The molecule has 128 valence electrons. The Labute approximate surface area is 142 Å². The maximum absolute atomic E-state index is 13.8. The van der Waals surface area contributed by atoms with Gasteiger partial charge in [-0.05, 0) is 56.0 Å². The molecule has 25 heavy (non-hydrogen) atoms. The Morgan fingerprint density at radius 3 is 2.28 bits per heavy atom. The first-order chi connectivity index (χ1) is 12.1. The molecule has 5 rings (SSSR count). The Morgan fingerprint density at radius 2 is 1.68 bits per heavy atom. The van der Waals surface area contributed by atoms with Crippen LogP contribution in [-0.2, 0) is 0 Å². The SMILES string of the molecule is Fc1ccc(-n2nc(C3CC3)c3c(C(F)F)cc(C4CC4)nc32)cc1. The molecule has 2 saturated carbocycles. The number of rotatable bonds is 4. The zero-order valence-electron chi connectivity index (χ0n) is 13.4. The summed E-state index contributed by atoms with van der Waals surface area (Å²) in [4.78, 5) is 4.68. The van der Waals surface area contributed by atoms with Crippen molar-refractivity contribution in [3.8, 4) is 5.69 Å². The summed E-state index contributed by atoms with van der Waals surface area (Å²) < 4.78 is 42.4. The first kappa shape index (κ1) is 14.9. The molecule has 0 unspecified atom stereocenters. The number of benzene rings is 1. The average molecular weight is 343 g/mol. The van der Waals surface area contributed by atoms with Crippen molar-refractivity contribution < 1.29 is 13.2 Å². The van der Waals surface area contributed by atoms with Crippen LogP contribution in [0.5, 0.6) is 0 Å². The van der Waals surface area contributed by atoms with Gasteiger partial charge in [-0.1, -0.05) is 0 Å². The van der Waals surface area contributed by atoms with Gasteiger partial charge in [0.15, 0.2) is 5.65 Å². The monoisotopic (exact) mass is 343 g/mol. The molecule has 2 heterocycles. The zero-order chi connectivity index (χ0) is 17.1. The highest BCUT2D eigenvalue weighted by Gasteiger charge is 2.34. The maximum Gasteiger partial charge on any atom is 0.264 e. The Morgan fingerprint density at radius 1 is 1.00 bits per heavy atom. The molecule has 0 atom stereocenters. The van der Waals surface area contributed by atoms with Crippen LogP contribution >= 0.6 is 0 Å². The lowest BCUT2D eigenvalue weighted by Crippen LogP contribution is -2.00. The lowest BCUT2D eigenvalue weighted by atomic mass is 10.1. The van der Waals surface area contributed by atoms with Crippen molar-refractivity contribution in [3.63, 3.8) is 0 Å². The molecule has 0 N–H and O–H groups in total. The minimum atomic E-state index is -2.56. The van der Waals surface area contributed by atoms with E-state index in [1.807, 2.05) is 0 Å². The molecule has 2 fully saturated rings. The topological polar surface area (TPSA) is 30.7 Å². The minimum absolute atomic E-state index is 0.0298. The van der Waals surface area contributed by atoms with Crippen molar-refractivity contribution in [1.82, 2.24) is 14.8 Å². The Hall–Kier alpha value is -2.37. The molecule has 2 aliphatic carbocycles. The van der Waals surface area contributed by atoms with E-state index in [1.165, 1.54) is 12.1 Å². The lowest BCUT2D eigenvalue weighted by Gasteiger charge is -2.08. The van der Waals surface area contributed by atoms with E-state index in [-0.39, 0.29) is 23.2 Å². The number of pyridine rings is 1. The van der Waals surface area contributed by atoms with Crippen molar-refractivity contribution in [1.29, 1.82) is 0 Å². The van der Waals surface area contributed by atoms with Gasteiger partial charge in [0.2, 0.25) is 0 Å². The van der Waals surface area contributed by atoms with Crippen LogP contribution in [0.15, 0.2) is 30.3 Å². The van der Waals surface area contributed by atoms with Gasteiger partial charge < -0.3 is 0 Å². The van der Waals surface area contributed by atoms with Crippen molar-refractivity contribution in [3.05, 3.63) is 53.1 Å². The second-order valence-electron chi connectivity index (χ2n) is 6.96. The molecular weight excluding hydrogens is 327 g/mol. The van der Waals surface area contributed by atoms with Crippen LogP contribution in [-0.4, -0.2) is 14.8 Å². The molecule has 1 aromatic carbocycles. The predicted octanol–water partition coefficient (Wildman–Crippen LogP) is 5.25. The van der Waals surface area contributed by atoms with E-state index in [9.17, 15) is 13.2 Å². The van der Waals surface area contributed by atoms with Crippen LogP contribution < -0.4 is 0 Å². The number of alkyl halides is 2. The van der Waals surface area contributed by atoms with Gasteiger partial charge in [0.25, 0.3) is 6.43 Å². The molecule has 0 bridgehead atoms. The van der Waals surface area contributed by atoms with Gasteiger partial charge in [0.05, 0.1) is 16.8 Å². The third-order valence-corrected chi connectivity index (χ3v) is 4.98. The van der Waals surface area contributed by atoms with Gasteiger partial charge >= 0.3 is 0 Å². The molecule has 3 aromatic rings. The fraction of sp³-hybridized carbons (Fsp3) is 0.368. The van der Waals surface area contributed by atoms with Crippen molar-refractivity contribution in [2.45, 2.75) is 43.9 Å². The standard InChI is InChI=1S/C19H16F3N3/c20-12-5-7-13(8-6-12)25-19-16(17(24-25)11-3-4-11)14(18(21)22)9-15(23-19)10-1-2-10/h5-11,18H,1-4H2. The van der Waals surface area contributed by atoms with E-state index in [1.54, 1.807) is 22.9 Å². The summed E-state index contributed by atoms with van der Waals surface area (Å²) in [6.07, 6.45) is 1.33. The van der Waals surface area contributed by atoms with Crippen LogP contribution in [0, 0.1) is 5.82 Å². The van der Waals surface area contributed by atoms with Crippen LogP contribution in [0.3, 0.4) is 0 Å². The number of hydrogen-bond donors (Lipinski definition) is 0. The molecule has 0 saturated heterocycles. The second kappa shape index (κ2) is 5.31. The first-order valence-corrected chi connectivity index (χ1v) is 8.59. The average Bonchev–Trinajstić information content (AvgIpc) is 3.51. The molecule has 0 spiro atoms. The van der Waals surface area contributed by atoms with E-state index >= 15 is 0 Å². The Kier molecular flexibility index (Phi) is 3.17. The fourth-order valence-corrected chi connectivity index (χ4v) is 3.36. The minimum Gasteiger partial charge on any atom is -0.233 e. The predicted molar refractivity (Wildman–Crippen MR) is 87.7 cm³/mol. The van der Waals surface area contributed by atoms with Gasteiger partial charge in [-0.25, -0.2) is 22.8 Å². The summed E-state index contributed by atoms with van der Waals surface area (Å²) in [5.41, 5.74) is 2.55. The van der Waals surface area contributed by atoms with E-state index < -0.39 is 6.43 Å². The fourth-order valence-electron chi connectivity index (χ4n) is 3.36. The molecule has 0 aliphatic heterocycles. The molecule has 2 aliphatic rings. The highest BCUT2D eigenvalue weighted by Crippen LogP contribution is 2.47. The third kappa shape index (κ3) is 2.51. The van der Waals surface area contributed by atoms with Crippen molar-refractivity contribution >= 4 is 11.0 Å². The van der Waals surface area contributed by atoms with E-state index in [4.69, 9.17) is 0 Å². The summed E-state index contributed by atoms with van der Waals surface area (Å²) in [6, 6.07) is 7.46. The summed E-state index contributed by atoms with van der Waals surface area (Å²) in [7, 11) is 0. The third-order valence-electron chi connectivity index (χ3n) is 4.98. The van der Waals surface area contributed by atoms with Crippen LogP contribution in [0.4, 0.5) is 13.2 Å². The van der Waals surface area contributed by atoms with Gasteiger partial charge in [-0.3, -0.25) is 0 Å². The van der Waals surface area contributed by atoms with Crippen LogP contribution in [0.1, 0.15) is 60.9 Å². The largest absolute Gasteiger partial charge is 0.264 e. The summed E-state index contributed by atoms with van der Waals surface area (Å²) in [5, 5.41) is 5.09. The number of nitrogens with zero attached hydrogens (tertiary/aromatic N) is 3. The maximum atomic E-state index is 13.8. The molecule has 6 heteroatoms. The summed E-state index contributed by atoms with van der Waals surface area (Å²) in [5.74, 6) is 0.139. The van der Waals surface area contributed by atoms with Gasteiger partial charge in [0.1, 0.15) is 5.82 Å². The second-order valence-corrected chi connectivity index (χ2v) is 6.96. The molecule has 0 amide bonds. The quantitative estimate of drug-likeness (QED) is 0.647.